The van der Waals surface area contributed by atoms with E-state index in [1.165, 1.54) is 11.3 Å². The van der Waals surface area contributed by atoms with Gasteiger partial charge < -0.3 is 24.8 Å². The molecule has 0 bridgehead atoms. The maximum Gasteiger partial charge on any atom is 0.319 e. The van der Waals surface area contributed by atoms with E-state index in [9.17, 15) is 4.79 Å². The van der Waals surface area contributed by atoms with E-state index < -0.39 is 0 Å². The summed E-state index contributed by atoms with van der Waals surface area (Å²) in [5.41, 5.74) is 1.52. The number of hydrogen-bond acceptors (Lipinski definition) is 6. The van der Waals surface area contributed by atoms with E-state index in [0.29, 0.717) is 34.7 Å². The summed E-state index contributed by atoms with van der Waals surface area (Å²) in [6.07, 6.45) is 1.69. The molecule has 3 rings (SSSR count). The summed E-state index contributed by atoms with van der Waals surface area (Å²) in [4.78, 5) is 16.2. The lowest BCUT2D eigenvalue weighted by molar-refractivity contribution is 0.251. The highest BCUT2D eigenvalue weighted by atomic mass is 32.1. The van der Waals surface area contributed by atoms with Crippen LogP contribution in [0.2, 0.25) is 0 Å². The van der Waals surface area contributed by atoms with E-state index in [4.69, 9.17) is 14.2 Å². The van der Waals surface area contributed by atoms with Crippen LogP contribution in [0, 0.1) is 0 Å². The predicted octanol–water partition coefficient (Wildman–Crippen LogP) is 4.27. The average Bonchev–Trinajstić information content (AvgIpc) is 3.20. The van der Waals surface area contributed by atoms with Crippen LogP contribution in [0.1, 0.15) is 5.56 Å². The maximum atomic E-state index is 12.1. The molecule has 0 aliphatic heterocycles. The largest absolute Gasteiger partial charge is 0.497 e. The quantitative estimate of drug-likeness (QED) is 0.635. The lowest BCUT2D eigenvalue weighted by atomic mass is 10.2. The summed E-state index contributed by atoms with van der Waals surface area (Å²) in [5.74, 6) is 1.89. The van der Waals surface area contributed by atoms with Gasteiger partial charge in [0, 0.05) is 42.0 Å². The number of nitrogens with zero attached hydrogens (tertiary/aromatic N) is 1. The molecule has 3 aromatic rings. The molecule has 2 aromatic carbocycles. The second-order valence-electron chi connectivity index (χ2n) is 5.45. The minimum atomic E-state index is -0.326. The number of anilines is 1. The highest BCUT2D eigenvalue weighted by Gasteiger charge is 2.06. The number of aromatic nitrogens is 1. The molecule has 1 heterocycles. The van der Waals surface area contributed by atoms with E-state index in [0.717, 1.165) is 5.56 Å². The lowest BCUT2D eigenvalue weighted by Gasteiger charge is -2.11. The van der Waals surface area contributed by atoms with Gasteiger partial charge in [0.1, 0.15) is 17.2 Å². The fraction of sp³-hybridized carbons (Fsp3) is 0.158. The minimum absolute atomic E-state index is 0.326. The molecular weight excluding hydrogens is 366 g/mol. The van der Waals surface area contributed by atoms with E-state index >= 15 is 0 Å². The summed E-state index contributed by atoms with van der Waals surface area (Å²) in [7, 11) is 3.11. The summed E-state index contributed by atoms with van der Waals surface area (Å²) in [6, 6.07) is 12.3. The Bertz CT molecular complexity index is 860. The molecule has 140 valence electrons. The van der Waals surface area contributed by atoms with Gasteiger partial charge >= 0.3 is 6.03 Å². The predicted molar refractivity (Wildman–Crippen MR) is 104 cm³/mol. The molecule has 7 nitrogen and oxygen atoms in total. The summed E-state index contributed by atoms with van der Waals surface area (Å²) < 4.78 is 16.0. The second kappa shape index (κ2) is 8.91. The van der Waals surface area contributed by atoms with Crippen molar-refractivity contribution in [1.29, 1.82) is 0 Å². The lowest BCUT2D eigenvalue weighted by Crippen LogP contribution is -2.28. The molecule has 0 spiro atoms. The maximum absolute atomic E-state index is 12.1. The van der Waals surface area contributed by atoms with Gasteiger partial charge in [0.25, 0.3) is 5.19 Å². The Balaban J connectivity index is 1.53. The molecule has 0 saturated carbocycles. The third-order valence-electron chi connectivity index (χ3n) is 3.60. The van der Waals surface area contributed by atoms with Crippen molar-refractivity contribution in [3.8, 4) is 22.4 Å². The molecule has 0 atom stereocenters. The standard InChI is InChI=1S/C19H19N3O4S/c1-24-16-9-14(10-17(11-16)25-2)22-18(23)21-12-13-3-5-15(6-4-13)26-19-20-7-8-27-19/h3-11H,12H2,1-2H3,(H2,21,22,23). The number of carbonyl (C=O) groups excluding carboxylic acids is 1. The molecule has 1 aromatic heterocycles. The molecule has 2 N–H and O–H groups in total. The van der Waals surface area contributed by atoms with Gasteiger partial charge in [-0.2, -0.15) is 0 Å². The van der Waals surface area contributed by atoms with Gasteiger partial charge in [-0.05, 0) is 17.7 Å². The first-order chi connectivity index (χ1) is 13.2. The second-order valence-corrected chi connectivity index (χ2v) is 6.31. The van der Waals surface area contributed by atoms with Crippen molar-refractivity contribution in [2.75, 3.05) is 19.5 Å². The van der Waals surface area contributed by atoms with E-state index in [1.807, 2.05) is 29.6 Å². The summed E-state index contributed by atoms with van der Waals surface area (Å²) in [6.45, 7) is 0.379. The third-order valence-corrected chi connectivity index (χ3v) is 4.25. The van der Waals surface area contributed by atoms with Crippen LogP contribution in [0.4, 0.5) is 10.5 Å². The number of methoxy groups -OCH3 is 2. The topological polar surface area (TPSA) is 81.7 Å². The fourth-order valence-corrected chi connectivity index (χ4v) is 2.78. The first-order valence-corrected chi connectivity index (χ1v) is 8.98. The Morgan fingerprint density at radius 3 is 2.33 bits per heavy atom. The Morgan fingerprint density at radius 2 is 1.74 bits per heavy atom. The van der Waals surface area contributed by atoms with Crippen LogP contribution in [0.5, 0.6) is 22.4 Å². The molecule has 0 saturated heterocycles. The highest BCUT2D eigenvalue weighted by Crippen LogP contribution is 2.26. The number of ether oxygens (including phenoxy) is 3. The molecule has 8 heteroatoms. The zero-order valence-electron chi connectivity index (χ0n) is 14.9. The zero-order valence-corrected chi connectivity index (χ0v) is 15.7. The smallest absolute Gasteiger partial charge is 0.319 e. The monoisotopic (exact) mass is 385 g/mol. The molecule has 0 aliphatic carbocycles. The fourth-order valence-electron chi connectivity index (χ4n) is 2.27. The Morgan fingerprint density at radius 1 is 1.04 bits per heavy atom. The molecule has 27 heavy (non-hydrogen) atoms. The van der Waals surface area contributed by atoms with E-state index in [-0.39, 0.29) is 6.03 Å². The summed E-state index contributed by atoms with van der Waals surface area (Å²) in [5, 5.41) is 8.01. The van der Waals surface area contributed by atoms with Gasteiger partial charge in [0.15, 0.2) is 0 Å². The SMILES string of the molecule is COc1cc(NC(=O)NCc2ccc(Oc3nccs3)cc2)cc(OC)c1. The zero-order chi connectivity index (χ0) is 19.1. The van der Waals surface area contributed by atoms with E-state index in [1.54, 1.807) is 38.6 Å². The number of benzene rings is 2. The Kier molecular flexibility index (Phi) is 6.11. The number of thiazole rings is 1. The van der Waals surface area contributed by atoms with Crippen molar-refractivity contribution in [2.45, 2.75) is 6.54 Å². The normalized spacial score (nSPS) is 10.1. The van der Waals surface area contributed by atoms with Crippen molar-refractivity contribution < 1.29 is 19.0 Å². The van der Waals surface area contributed by atoms with Crippen LogP contribution in [-0.2, 0) is 6.54 Å². The van der Waals surface area contributed by atoms with Crippen molar-refractivity contribution in [3.63, 3.8) is 0 Å². The molecule has 0 fully saturated rings. The van der Waals surface area contributed by atoms with Crippen LogP contribution in [0.3, 0.4) is 0 Å². The van der Waals surface area contributed by atoms with Crippen LogP contribution >= 0.6 is 11.3 Å². The molecule has 2 amide bonds. The molecule has 0 unspecified atom stereocenters. The van der Waals surface area contributed by atoms with Crippen LogP contribution in [0.25, 0.3) is 0 Å². The van der Waals surface area contributed by atoms with Gasteiger partial charge in [0.2, 0.25) is 0 Å². The van der Waals surface area contributed by atoms with Crippen molar-refractivity contribution >= 4 is 23.1 Å². The molecule has 0 aliphatic rings. The Labute approximate surface area is 160 Å². The average molecular weight is 385 g/mol. The number of carbonyl (C=O) groups is 1. The third kappa shape index (κ3) is 5.35. The number of urea groups is 1. The molecular formula is C19H19N3O4S. The van der Waals surface area contributed by atoms with Crippen molar-refractivity contribution in [3.05, 3.63) is 59.6 Å². The van der Waals surface area contributed by atoms with Gasteiger partial charge in [0.05, 0.1) is 14.2 Å². The van der Waals surface area contributed by atoms with Crippen LogP contribution in [0.15, 0.2) is 54.0 Å². The summed E-state index contributed by atoms with van der Waals surface area (Å²) >= 11 is 1.43. The minimum Gasteiger partial charge on any atom is -0.497 e. The van der Waals surface area contributed by atoms with E-state index in [2.05, 4.69) is 15.6 Å². The Hall–Kier alpha value is -3.26. The number of rotatable bonds is 7. The first kappa shape index (κ1) is 18.5. The van der Waals surface area contributed by atoms with Gasteiger partial charge in [-0.15, -0.1) is 0 Å². The molecule has 0 radical (unpaired) electrons. The van der Waals surface area contributed by atoms with Gasteiger partial charge in [-0.1, -0.05) is 23.5 Å². The van der Waals surface area contributed by atoms with Gasteiger partial charge in [-0.25, -0.2) is 9.78 Å². The highest BCUT2D eigenvalue weighted by molar-refractivity contribution is 7.11. The number of amides is 2. The van der Waals surface area contributed by atoms with Crippen molar-refractivity contribution in [2.24, 2.45) is 0 Å². The first-order valence-electron chi connectivity index (χ1n) is 8.10. The van der Waals surface area contributed by atoms with Crippen LogP contribution < -0.4 is 24.8 Å². The van der Waals surface area contributed by atoms with Crippen LogP contribution in [-0.4, -0.2) is 25.2 Å². The number of hydrogen-bond donors (Lipinski definition) is 2. The van der Waals surface area contributed by atoms with Crippen molar-refractivity contribution in [1.82, 2.24) is 10.3 Å². The van der Waals surface area contributed by atoms with Gasteiger partial charge in [-0.3, -0.25) is 0 Å². The number of nitrogens with one attached hydrogen (secondary N) is 2.